The van der Waals surface area contributed by atoms with Gasteiger partial charge in [0, 0.05) is 47.8 Å². The number of esters is 1. The van der Waals surface area contributed by atoms with E-state index in [1.807, 2.05) is 24.3 Å². The standard InChI is InChI=1S/C24H23ClFN3O3S/c1-32-24(31)22-20(16-2-6-18(26)7-3-16)15-33-23(22)27-21(30)14-28-10-12-29(13-11-28)19-8-4-17(25)5-9-19/h2-9,15H,10-14H2,1H3,(H,27,30). The van der Waals surface area contributed by atoms with Crippen molar-refractivity contribution in [2.24, 2.45) is 0 Å². The predicted molar refractivity (Wildman–Crippen MR) is 130 cm³/mol. The number of anilines is 2. The third-order valence-corrected chi connectivity index (χ3v) is 6.67. The molecule has 0 unspecified atom stereocenters. The van der Waals surface area contributed by atoms with Crippen LogP contribution in [0.1, 0.15) is 10.4 Å². The summed E-state index contributed by atoms with van der Waals surface area (Å²) in [5.41, 5.74) is 2.65. The molecule has 0 bridgehead atoms. The number of nitrogens with zero attached hydrogens (tertiary/aromatic N) is 2. The van der Waals surface area contributed by atoms with Gasteiger partial charge in [-0.15, -0.1) is 11.3 Å². The molecule has 0 saturated carbocycles. The number of carbonyl (C=O) groups excluding carboxylic acids is 2. The molecule has 1 N–H and O–H groups in total. The molecule has 2 aromatic carbocycles. The van der Waals surface area contributed by atoms with Crippen molar-refractivity contribution in [2.45, 2.75) is 0 Å². The van der Waals surface area contributed by atoms with Crippen molar-refractivity contribution in [2.75, 3.05) is 50.1 Å². The number of methoxy groups -OCH3 is 1. The fourth-order valence-electron chi connectivity index (χ4n) is 3.78. The highest BCUT2D eigenvalue weighted by Crippen LogP contribution is 2.36. The van der Waals surface area contributed by atoms with Crippen LogP contribution in [0.15, 0.2) is 53.9 Å². The van der Waals surface area contributed by atoms with Gasteiger partial charge < -0.3 is 15.0 Å². The van der Waals surface area contributed by atoms with Crippen molar-refractivity contribution < 1.29 is 18.7 Å². The zero-order valence-corrected chi connectivity index (χ0v) is 19.6. The molecule has 1 aliphatic heterocycles. The lowest BCUT2D eigenvalue weighted by Gasteiger charge is -2.35. The highest BCUT2D eigenvalue weighted by molar-refractivity contribution is 7.15. The van der Waals surface area contributed by atoms with Crippen LogP contribution in [-0.4, -0.2) is 56.6 Å². The van der Waals surface area contributed by atoms with E-state index in [1.54, 1.807) is 17.5 Å². The van der Waals surface area contributed by atoms with Crippen molar-refractivity contribution in [1.29, 1.82) is 0 Å². The molecular formula is C24H23ClFN3O3S. The summed E-state index contributed by atoms with van der Waals surface area (Å²) in [7, 11) is 1.29. The second kappa shape index (κ2) is 10.3. The number of hydrogen-bond donors (Lipinski definition) is 1. The first kappa shape index (κ1) is 23.2. The molecule has 2 heterocycles. The maximum Gasteiger partial charge on any atom is 0.341 e. The van der Waals surface area contributed by atoms with Crippen LogP contribution in [0.25, 0.3) is 11.1 Å². The fourth-order valence-corrected chi connectivity index (χ4v) is 4.88. The Morgan fingerprint density at radius 1 is 1.06 bits per heavy atom. The van der Waals surface area contributed by atoms with Crippen LogP contribution in [-0.2, 0) is 9.53 Å². The topological polar surface area (TPSA) is 61.9 Å². The summed E-state index contributed by atoms with van der Waals surface area (Å²) >= 11 is 7.21. The van der Waals surface area contributed by atoms with Crippen LogP contribution in [0.4, 0.5) is 15.1 Å². The van der Waals surface area contributed by atoms with Crippen LogP contribution in [0, 0.1) is 5.82 Å². The summed E-state index contributed by atoms with van der Waals surface area (Å²) in [4.78, 5) is 29.5. The predicted octanol–water partition coefficient (Wildman–Crippen LogP) is 4.75. The van der Waals surface area contributed by atoms with E-state index in [9.17, 15) is 14.0 Å². The quantitative estimate of drug-likeness (QED) is 0.508. The van der Waals surface area contributed by atoms with Gasteiger partial charge in [-0.25, -0.2) is 9.18 Å². The largest absolute Gasteiger partial charge is 0.465 e. The normalized spacial score (nSPS) is 14.2. The molecular weight excluding hydrogens is 465 g/mol. The average molecular weight is 488 g/mol. The molecule has 6 nitrogen and oxygen atoms in total. The number of benzene rings is 2. The Morgan fingerprint density at radius 2 is 1.73 bits per heavy atom. The molecule has 3 aromatic rings. The molecule has 33 heavy (non-hydrogen) atoms. The molecule has 4 rings (SSSR count). The van der Waals surface area contributed by atoms with E-state index in [1.165, 1.54) is 30.6 Å². The van der Waals surface area contributed by atoms with Crippen molar-refractivity contribution in [3.8, 4) is 11.1 Å². The van der Waals surface area contributed by atoms with Gasteiger partial charge in [-0.1, -0.05) is 23.7 Å². The third-order valence-electron chi connectivity index (χ3n) is 5.52. The SMILES string of the molecule is COC(=O)c1c(-c2ccc(F)cc2)csc1NC(=O)CN1CCN(c2ccc(Cl)cc2)CC1. The van der Waals surface area contributed by atoms with E-state index in [0.29, 0.717) is 21.2 Å². The maximum absolute atomic E-state index is 13.3. The molecule has 0 aliphatic carbocycles. The summed E-state index contributed by atoms with van der Waals surface area (Å²) in [5, 5.41) is 5.75. The Kier molecular flexibility index (Phi) is 7.27. The third kappa shape index (κ3) is 5.52. The number of halogens is 2. The number of thiophene rings is 1. The lowest BCUT2D eigenvalue weighted by Crippen LogP contribution is -2.48. The van der Waals surface area contributed by atoms with Gasteiger partial charge in [-0.05, 0) is 42.0 Å². The van der Waals surface area contributed by atoms with Crippen molar-refractivity contribution in [1.82, 2.24) is 4.90 Å². The van der Waals surface area contributed by atoms with Gasteiger partial charge in [-0.2, -0.15) is 0 Å². The Balaban J connectivity index is 1.40. The molecule has 1 amide bonds. The van der Waals surface area contributed by atoms with Gasteiger partial charge in [0.2, 0.25) is 5.91 Å². The summed E-state index contributed by atoms with van der Waals surface area (Å²) in [6, 6.07) is 13.6. The minimum atomic E-state index is -0.553. The smallest absolute Gasteiger partial charge is 0.341 e. The van der Waals surface area contributed by atoms with Crippen LogP contribution in [0.3, 0.4) is 0 Å². The molecule has 1 aromatic heterocycles. The lowest BCUT2D eigenvalue weighted by molar-refractivity contribution is -0.117. The second-order valence-electron chi connectivity index (χ2n) is 7.64. The van der Waals surface area contributed by atoms with Crippen LogP contribution in [0.2, 0.25) is 5.02 Å². The van der Waals surface area contributed by atoms with E-state index in [0.717, 1.165) is 31.9 Å². The molecule has 0 atom stereocenters. The molecule has 0 spiro atoms. The van der Waals surface area contributed by atoms with Gasteiger partial charge in [0.15, 0.2) is 0 Å². The van der Waals surface area contributed by atoms with Gasteiger partial charge in [0.05, 0.1) is 13.7 Å². The fraction of sp³-hybridized carbons (Fsp3) is 0.250. The molecule has 9 heteroatoms. The number of ether oxygens (including phenoxy) is 1. The lowest BCUT2D eigenvalue weighted by atomic mass is 10.0. The number of piperazine rings is 1. The number of rotatable bonds is 6. The van der Waals surface area contributed by atoms with Crippen molar-refractivity contribution in [3.05, 3.63) is 70.3 Å². The molecule has 1 saturated heterocycles. The molecule has 0 radical (unpaired) electrons. The summed E-state index contributed by atoms with van der Waals surface area (Å²) in [5.74, 6) is -1.12. The van der Waals surface area contributed by atoms with Gasteiger partial charge in [0.1, 0.15) is 16.4 Å². The Bertz CT molecular complexity index is 1130. The summed E-state index contributed by atoms with van der Waals surface area (Å²) < 4.78 is 18.2. The van der Waals surface area contributed by atoms with Gasteiger partial charge in [0.25, 0.3) is 0 Å². The maximum atomic E-state index is 13.3. The molecule has 1 fully saturated rings. The Labute approximate surface area is 200 Å². The molecule has 1 aliphatic rings. The van der Waals surface area contributed by atoms with E-state index in [2.05, 4.69) is 15.1 Å². The first-order valence-corrected chi connectivity index (χ1v) is 11.7. The highest BCUT2D eigenvalue weighted by Gasteiger charge is 2.24. The zero-order chi connectivity index (χ0) is 23.4. The number of carbonyl (C=O) groups is 2. The van der Waals surface area contributed by atoms with Crippen LogP contribution < -0.4 is 10.2 Å². The number of amides is 1. The van der Waals surface area contributed by atoms with Crippen molar-refractivity contribution in [3.63, 3.8) is 0 Å². The van der Waals surface area contributed by atoms with Crippen LogP contribution >= 0.6 is 22.9 Å². The molecule has 172 valence electrons. The Morgan fingerprint density at radius 3 is 2.36 bits per heavy atom. The van der Waals surface area contributed by atoms with Crippen molar-refractivity contribution >= 4 is 45.5 Å². The van der Waals surface area contributed by atoms with Crippen LogP contribution in [0.5, 0.6) is 0 Å². The Hall–Kier alpha value is -2.94. The number of hydrogen-bond acceptors (Lipinski definition) is 6. The second-order valence-corrected chi connectivity index (χ2v) is 8.96. The van der Waals surface area contributed by atoms with E-state index in [4.69, 9.17) is 16.3 Å². The van der Waals surface area contributed by atoms with E-state index >= 15 is 0 Å². The first-order valence-electron chi connectivity index (χ1n) is 10.4. The van der Waals surface area contributed by atoms with Gasteiger partial charge >= 0.3 is 5.97 Å². The average Bonchev–Trinajstić information content (AvgIpc) is 3.23. The minimum absolute atomic E-state index is 0.201. The van der Waals surface area contributed by atoms with E-state index < -0.39 is 5.97 Å². The number of nitrogens with one attached hydrogen (secondary N) is 1. The zero-order valence-electron chi connectivity index (χ0n) is 18.0. The highest BCUT2D eigenvalue weighted by atomic mass is 35.5. The summed E-state index contributed by atoms with van der Waals surface area (Å²) in [6.07, 6.45) is 0. The van der Waals surface area contributed by atoms with E-state index in [-0.39, 0.29) is 23.8 Å². The first-order chi connectivity index (χ1) is 15.9. The van der Waals surface area contributed by atoms with Gasteiger partial charge in [-0.3, -0.25) is 9.69 Å². The monoisotopic (exact) mass is 487 g/mol. The minimum Gasteiger partial charge on any atom is -0.465 e. The summed E-state index contributed by atoms with van der Waals surface area (Å²) in [6.45, 7) is 3.31.